The molecule has 0 unspecified atom stereocenters. The van der Waals surface area contributed by atoms with Gasteiger partial charge < -0.3 is 24.4 Å². The van der Waals surface area contributed by atoms with Crippen LogP contribution in [0, 0.1) is 11.2 Å². The Kier molecular flexibility index (Phi) is 5.95. The van der Waals surface area contributed by atoms with E-state index < -0.39 is 5.82 Å². The number of hydrogen-bond acceptors (Lipinski definition) is 6. The van der Waals surface area contributed by atoms with E-state index in [-0.39, 0.29) is 48.0 Å². The number of hydrogen-bond donors (Lipinski definition) is 2. The predicted octanol–water partition coefficient (Wildman–Crippen LogP) is 4.36. The molecule has 0 radical (unpaired) electrons. The van der Waals surface area contributed by atoms with Crippen LogP contribution < -0.4 is 19.5 Å². The summed E-state index contributed by atoms with van der Waals surface area (Å²) < 4.78 is 32.2. The SMILES string of the molecule is CCOc1cc2c(c(F)c1OCC)C(=N)N(CC(=O)c1cc(NC)c3c(c1)C(C)(C)CO3)C2. The maximum absolute atomic E-state index is 15.3. The number of fused-ring (bicyclic) bond motifs is 2. The molecule has 0 saturated heterocycles. The molecule has 2 aliphatic heterocycles. The van der Waals surface area contributed by atoms with Gasteiger partial charge in [0.2, 0.25) is 0 Å². The Hall–Kier alpha value is -3.29. The molecule has 2 heterocycles. The van der Waals surface area contributed by atoms with Gasteiger partial charge >= 0.3 is 0 Å². The molecule has 0 atom stereocenters. The second kappa shape index (κ2) is 8.57. The van der Waals surface area contributed by atoms with E-state index in [0.717, 1.165) is 17.0 Å². The Bertz CT molecular complexity index is 1130. The molecule has 0 aliphatic carbocycles. The van der Waals surface area contributed by atoms with Gasteiger partial charge in [-0.05, 0) is 37.6 Å². The Morgan fingerprint density at radius 1 is 1.24 bits per heavy atom. The first-order chi connectivity index (χ1) is 15.7. The smallest absolute Gasteiger partial charge is 0.197 e. The fourth-order valence-corrected chi connectivity index (χ4v) is 4.39. The van der Waals surface area contributed by atoms with Gasteiger partial charge in [0, 0.05) is 30.1 Å². The van der Waals surface area contributed by atoms with Crippen LogP contribution in [0.4, 0.5) is 10.1 Å². The van der Waals surface area contributed by atoms with Gasteiger partial charge in [-0.15, -0.1) is 0 Å². The van der Waals surface area contributed by atoms with Crippen LogP contribution >= 0.6 is 0 Å². The quantitative estimate of drug-likeness (QED) is 0.576. The lowest BCUT2D eigenvalue weighted by Gasteiger charge is -2.19. The number of carbonyl (C=O) groups excluding carboxylic acids is 1. The zero-order valence-electron chi connectivity index (χ0n) is 19.7. The van der Waals surface area contributed by atoms with Crippen molar-refractivity contribution in [3.05, 3.63) is 46.3 Å². The first-order valence-electron chi connectivity index (χ1n) is 11.2. The number of rotatable bonds is 8. The third-order valence-electron chi connectivity index (χ3n) is 6.09. The second-order valence-corrected chi connectivity index (χ2v) is 8.87. The lowest BCUT2D eigenvalue weighted by Crippen LogP contribution is -2.30. The minimum absolute atomic E-state index is 0.00976. The molecule has 0 fully saturated rings. The number of carbonyl (C=O) groups is 1. The molecule has 33 heavy (non-hydrogen) atoms. The fraction of sp³-hybridized carbons (Fsp3) is 0.440. The maximum Gasteiger partial charge on any atom is 0.197 e. The molecule has 0 saturated carbocycles. The van der Waals surface area contributed by atoms with Crippen LogP contribution in [-0.2, 0) is 12.0 Å². The third-order valence-corrected chi connectivity index (χ3v) is 6.09. The molecule has 2 aromatic rings. The molecule has 2 aliphatic rings. The number of benzene rings is 2. The van der Waals surface area contributed by atoms with Crippen LogP contribution in [0.25, 0.3) is 0 Å². The molecule has 2 N–H and O–H groups in total. The van der Waals surface area contributed by atoms with Gasteiger partial charge in [0.05, 0.1) is 37.6 Å². The lowest BCUT2D eigenvalue weighted by molar-refractivity contribution is 0.0962. The number of halogens is 1. The van der Waals surface area contributed by atoms with Crippen molar-refractivity contribution in [2.75, 3.05) is 38.7 Å². The molecule has 176 valence electrons. The Labute approximate surface area is 193 Å². The van der Waals surface area contributed by atoms with Gasteiger partial charge in [-0.3, -0.25) is 10.2 Å². The number of ketones is 1. The van der Waals surface area contributed by atoms with E-state index in [2.05, 4.69) is 19.2 Å². The maximum atomic E-state index is 15.3. The van der Waals surface area contributed by atoms with Gasteiger partial charge in [-0.2, -0.15) is 0 Å². The lowest BCUT2D eigenvalue weighted by atomic mass is 9.85. The summed E-state index contributed by atoms with van der Waals surface area (Å²) in [6, 6.07) is 5.36. The highest BCUT2D eigenvalue weighted by Gasteiger charge is 2.36. The Morgan fingerprint density at radius 3 is 2.64 bits per heavy atom. The van der Waals surface area contributed by atoms with Crippen molar-refractivity contribution in [1.82, 2.24) is 4.90 Å². The molecule has 0 spiro atoms. The third kappa shape index (κ3) is 3.87. The monoisotopic (exact) mass is 455 g/mol. The average molecular weight is 456 g/mol. The largest absolute Gasteiger partial charge is 0.490 e. The summed E-state index contributed by atoms with van der Waals surface area (Å²) in [4.78, 5) is 14.8. The molecule has 4 rings (SSSR count). The highest BCUT2D eigenvalue weighted by molar-refractivity contribution is 6.06. The van der Waals surface area contributed by atoms with E-state index in [0.29, 0.717) is 30.1 Å². The van der Waals surface area contributed by atoms with Crippen molar-refractivity contribution in [2.45, 2.75) is 39.7 Å². The minimum atomic E-state index is -0.619. The predicted molar refractivity (Wildman–Crippen MR) is 125 cm³/mol. The summed E-state index contributed by atoms with van der Waals surface area (Å²) in [6.07, 6.45) is 0. The number of amidine groups is 1. The average Bonchev–Trinajstić information content (AvgIpc) is 3.26. The molecule has 0 bridgehead atoms. The van der Waals surface area contributed by atoms with Gasteiger partial charge in [-0.1, -0.05) is 13.8 Å². The Morgan fingerprint density at radius 2 is 1.97 bits per heavy atom. The van der Waals surface area contributed by atoms with Crippen molar-refractivity contribution in [3.8, 4) is 17.2 Å². The standard InChI is InChI=1S/C25H30FN3O4/c1-6-31-19-10-15-11-29(24(27)20(15)21(26)23(19)32-7-2)12-18(30)14-8-16-22(17(9-14)28-5)33-13-25(16,3)4/h8-10,27-28H,6-7,11-13H2,1-5H3. The molecular formula is C25H30FN3O4. The van der Waals surface area contributed by atoms with E-state index in [1.807, 2.05) is 13.0 Å². The number of nitrogens with zero attached hydrogens (tertiary/aromatic N) is 1. The van der Waals surface area contributed by atoms with Crippen molar-refractivity contribution in [2.24, 2.45) is 0 Å². The summed E-state index contributed by atoms with van der Waals surface area (Å²) in [5.41, 5.74) is 2.83. The van der Waals surface area contributed by atoms with Crippen molar-refractivity contribution >= 4 is 17.3 Å². The first-order valence-corrected chi connectivity index (χ1v) is 11.2. The van der Waals surface area contributed by atoms with E-state index >= 15 is 4.39 Å². The van der Waals surface area contributed by atoms with Crippen LogP contribution in [0.5, 0.6) is 17.2 Å². The van der Waals surface area contributed by atoms with Gasteiger partial charge in [0.25, 0.3) is 0 Å². The van der Waals surface area contributed by atoms with E-state index in [4.69, 9.17) is 19.6 Å². The minimum Gasteiger partial charge on any atom is -0.490 e. The highest BCUT2D eigenvalue weighted by atomic mass is 19.1. The van der Waals surface area contributed by atoms with Crippen LogP contribution in [0.3, 0.4) is 0 Å². The van der Waals surface area contributed by atoms with Crippen LogP contribution in [0.2, 0.25) is 0 Å². The van der Waals surface area contributed by atoms with Crippen LogP contribution in [-0.4, -0.2) is 49.9 Å². The zero-order chi connectivity index (χ0) is 23.9. The summed E-state index contributed by atoms with van der Waals surface area (Å²) in [7, 11) is 1.79. The van der Waals surface area contributed by atoms with E-state index in [1.165, 1.54) is 0 Å². The van der Waals surface area contributed by atoms with E-state index in [9.17, 15) is 4.79 Å². The number of ether oxygens (including phenoxy) is 3. The molecule has 2 aromatic carbocycles. The number of Topliss-reactive ketones (excluding diaryl/α,β-unsaturated/α-hetero) is 1. The number of nitrogens with one attached hydrogen (secondary N) is 2. The Balaban J connectivity index is 1.62. The van der Waals surface area contributed by atoms with Gasteiger partial charge in [0.15, 0.2) is 23.1 Å². The summed E-state index contributed by atoms with van der Waals surface area (Å²) in [5.74, 6) is 0.302. The molecule has 0 amide bonds. The molecule has 0 aromatic heterocycles. The first kappa shape index (κ1) is 22.9. The fourth-order valence-electron chi connectivity index (χ4n) is 4.39. The second-order valence-electron chi connectivity index (χ2n) is 8.87. The zero-order valence-corrected chi connectivity index (χ0v) is 19.7. The van der Waals surface area contributed by atoms with Crippen LogP contribution in [0.1, 0.15) is 54.7 Å². The highest BCUT2D eigenvalue weighted by Crippen LogP contribution is 2.44. The summed E-state index contributed by atoms with van der Waals surface area (Å²) >= 11 is 0. The van der Waals surface area contributed by atoms with Gasteiger partial charge in [-0.25, -0.2) is 4.39 Å². The molecule has 8 heteroatoms. The van der Waals surface area contributed by atoms with Crippen LogP contribution in [0.15, 0.2) is 18.2 Å². The number of anilines is 1. The normalized spacial score (nSPS) is 15.7. The summed E-state index contributed by atoms with van der Waals surface area (Å²) in [5, 5.41) is 11.7. The van der Waals surface area contributed by atoms with Crippen molar-refractivity contribution < 1.29 is 23.4 Å². The topological polar surface area (TPSA) is 83.9 Å². The van der Waals surface area contributed by atoms with Gasteiger partial charge in [0.1, 0.15) is 11.6 Å². The van der Waals surface area contributed by atoms with Crippen molar-refractivity contribution in [1.29, 1.82) is 5.41 Å². The summed E-state index contributed by atoms with van der Waals surface area (Å²) in [6.45, 7) is 9.14. The molecule has 7 nitrogen and oxygen atoms in total. The molecular weight excluding hydrogens is 425 g/mol. The van der Waals surface area contributed by atoms with Crippen molar-refractivity contribution in [3.63, 3.8) is 0 Å². The van der Waals surface area contributed by atoms with E-state index in [1.54, 1.807) is 31.0 Å².